The van der Waals surface area contributed by atoms with Crippen LogP contribution in [0, 0.1) is 0 Å². The van der Waals surface area contributed by atoms with Gasteiger partial charge in [-0.15, -0.1) is 0 Å². The van der Waals surface area contributed by atoms with Crippen LogP contribution in [0.2, 0.25) is 10.0 Å². The molecular weight excluding hydrogens is 311 g/mol. The van der Waals surface area contributed by atoms with Crippen molar-refractivity contribution in [1.82, 2.24) is 4.90 Å². The Hall–Kier alpha value is -0.970. The van der Waals surface area contributed by atoms with Crippen LogP contribution in [-0.4, -0.2) is 35.5 Å². The lowest BCUT2D eigenvalue weighted by Crippen LogP contribution is -2.51. The Morgan fingerprint density at radius 1 is 1.43 bits per heavy atom. The van der Waals surface area contributed by atoms with Crippen LogP contribution < -0.4 is 10.5 Å². The van der Waals surface area contributed by atoms with Gasteiger partial charge in [0, 0.05) is 24.7 Å². The van der Waals surface area contributed by atoms with Crippen molar-refractivity contribution in [3.63, 3.8) is 0 Å². The van der Waals surface area contributed by atoms with Crippen LogP contribution in [0.3, 0.4) is 0 Å². The standard InChI is InChI=1S/C15H20Cl2N2O2/c1-9-7-11(18)5-6-19(9)15(20)10(2)21-12-3-4-13(16)14(17)8-12/h3-4,8-11H,5-7,18H2,1-2H3/t9-,10+,11-/m1/s1. The maximum Gasteiger partial charge on any atom is 0.263 e. The van der Waals surface area contributed by atoms with E-state index >= 15 is 0 Å². The first-order chi connectivity index (χ1) is 9.88. The summed E-state index contributed by atoms with van der Waals surface area (Å²) in [4.78, 5) is 14.3. The summed E-state index contributed by atoms with van der Waals surface area (Å²) in [5.41, 5.74) is 5.92. The number of nitrogens with two attached hydrogens (primary N) is 1. The minimum absolute atomic E-state index is 0.0273. The zero-order chi connectivity index (χ0) is 15.6. The lowest BCUT2D eigenvalue weighted by Gasteiger charge is -2.37. The molecule has 1 fully saturated rings. The maximum atomic E-state index is 12.5. The molecule has 3 atom stereocenters. The van der Waals surface area contributed by atoms with E-state index in [9.17, 15) is 4.79 Å². The average molecular weight is 331 g/mol. The Bertz CT molecular complexity index is 524. The Balaban J connectivity index is 2.00. The quantitative estimate of drug-likeness (QED) is 0.926. The SMILES string of the molecule is C[C@H](Oc1ccc(Cl)c(Cl)c1)C(=O)N1CC[C@@H](N)C[C@H]1C. The smallest absolute Gasteiger partial charge is 0.263 e. The summed E-state index contributed by atoms with van der Waals surface area (Å²) in [5.74, 6) is 0.507. The van der Waals surface area contributed by atoms with Gasteiger partial charge in [-0.2, -0.15) is 0 Å². The number of benzene rings is 1. The summed E-state index contributed by atoms with van der Waals surface area (Å²) in [7, 11) is 0. The molecule has 0 spiro atoms. The molecule has 1 aliphatic heterocycles. The van der Waals surface area contributed by atoms with Crippen LogP contribution in [0.4, 0.5) is 0 Å². The van der Waals surface area contributed by atoms with Crippen molar-refractivity contribution in [2.75, 3.05) is 6.54 Å². The van der Waals surface area contributed by atoms with Crippen molar-refractivity contribution < 1.29 is 9.53 Å². The second kappa shape index (κ2) is 6.86. The van der Waals surface area contributed by atoms with E-state index in [0.29, 0.717) is 22.3 Å². The highest BCUT2D eigenvalue weighted by Crippen LogP contribution is 2.27. The van der Waals surface area contributed by atoms with Crippen molar-refractivity contribution in [2.24, 2.45) is 5.73 Å². The van der Waals surface area contributed by atoms with Crippen LogP contribution in [-0.2, 0) is 4.79 Å². The topological polar surface area (TPSA) is 55.6 Å². The number of hydrogen-bond donors (Lipinski definition) is 1. The molecular formula is C15H20Cl2N2O2. The molecule has 21 heavy (non-hydrogen) atoms. The van der Waals surface area contributed by atoms with E-state index in [1.807, 2.05) is 11.8 Å². The first kappa shape index (κ1) is 16.4. The van der Waals surface area contributed by atoms with Gasteiger partial charge < -0.3 is 15.4 Å². The van der Waals surface area contributed by atoms with E-state index < -0.39 is 6.10 Å². The normalized spacial score (nSPS) is 23.8. The molecule has 0 unspecified atom stereocenters. The summed E-state index contributed by atoms with van der Waals surface area (Å²) in [6.07, 6.45) is 1.08. The largest absolute Gasteiger partial charge is 0.481 e. The molecule has 116 valence electrons. The van der Waals surface area contributed by atoms with Gasteiger partial charge in [0.2, 0.25) is 0 Å². The first-order valence-corrected chi connectivity index (χ1v) is 7.82. The van der Waals surface area contributed by atoms with Crippen molar-refractivity contribution in [3.05, 3.63) is 28.2 Å². The number of nitrogens with zero attached hydrogens (tertiary/aromatic N) is 1. The minimum Gasteiger partial charge on any atom is -0.481 e. The monoisotopic (exact) mass is 330 g/mol. The zero-order valence-electron chi connectivity index (χ0n) is 12.2. The molecule has 1 heterocycles. The molecule has 0 radical (unpaired) electrons. The molecule has 2 rings (SSSR count). The molecule has 1 aromatic rings. The number of rotatable bonds is 3. The van der Waals surface area contributed by atoms with E-state index in [1.54, 1.807) is 25.1 Å². The molecule has 6 heteroatoms. The fourth-order valence-corrected chi connectivity index (χ4v) is 2.86. The Labute approximate surface area is 135 Å². The van der Waals surface area contributed by atoms with Gasteiger partial charge in [-0.05, 0) is 38.8 Å². The number of likely N-dealkylation sites (tertiary alicyclic amines) is 1. The summed E-state index contributed by atoms with van der Waals surface area (Å²) in [5, 5.41) is 0.868. The van der Waals surface area contributed by atoms with Crippen LogP contribution in [0.1, 0.15) is 26.7 Å². The third-order valence-corrected chi connectivity index (χ3v) is 4.49. The van der Waals surface area contributed by atoms with Crippen LogP contribution >= 0.6 is 23.2 Å². The molecule has 1 aliphatic rings. The van der Waals surface area contributed by atoms with Gasteiger partial charge in [0.1, 0.15) is 5.75 Å². The van der Waals surface area contributed by atoms with Crippen LogP contribution in [0.5, 0.6) is 5.75 Å². The number of halogens is 2. The van der Waals surface area contributed by atoms with Crippen molar-refractivity contribution in [2.45, 2.75) is 44.9 Å². The lowest BCUT2D eigenvalue weighted by molar-refractivity contribution is -0.141. The number of carbonyl (C=O) groups is 1. The molecule has 0 aromatic heterocycles. The molecule has 1 saturated heterocycles. The fraction of sp³-hybridized carbons (Fsp3) is 0.533. The predicted molar refractivity (Wildman–Crippen MR) is 84.9 cm³/mol. The minimum atomic E-state index is -0.570. The second-order valence-corrected chi connectivity index (χ2v) is 6.32. The van der Waals surface area contributed by atoms with Gasteiger partial charge in [-0.1, -0.05) is 23.2 Å². The van der Waals surface area contributed by atoms with E-state index in [2.05, 4.69) is 0 Å². The molecule has 1 aromatic carbocycles. The lowest BCUT2D eigenvalue weighted by atomic mass is 9.98. The number of hydrogen-bond acceptors (Lipinski definition) is 3. The molecule has 4 nitrogen and oxygen atoms in total. The molecule has 2 N–H and O–H groups in total. The van der Waals surface area contributed by atoms with Crippen molar-refractivity contribution in [1.29, 1.82) is 0 Å². The summed E-state index contributed by atoms with van der Waals surface area (Å²) in [6.45, 7) is 4.44. The Kier molecular flexibility index (Phi) is 5.36. The number of carbonyl (C=O) groups excluding carboxylic acids is 1. The molecule has 0 saturated carbocycles. The Morgan fingerprint density at radius 2 is 2.14 bits per heavy atom. The fourth-order valence-electron chi connectivity index (χ4n) is 2.57. The Morgan fingerprint density at radius 3 is 2.76 bits per heavy atom. The van der Waals surface area contributed by atoms with Crippen molar-refractivity contribution in [3.8, 4) is 5.75 Å². The zero-order valence-corrected chi connectivity index (χ0v) is 13.7. The van der Waals surface area contributed by atoms with E-state index in [-0.39, 0.29) is 18.0 Å². The van der Waals surface area contributed by atoms with Gasteiger partial charge in [0.15, 0.2) is 6.10 Å². The summed E-state index contributed by atoms with van der Waals surface area (Å²) < 4.78 is 5.67. The second-order valence-electron chi connectivity index (χ2n) is 5.50. The van der Waals surface area contributed by atoms with Gasteiger partial charge >= 0.3 is 0 Å². The van der Waals surface area contributed by atoms with E-state index in [0.717, 1.165) is 12.8 Å². The summed E-state index contributed by atoms with van der Waals surface area (Å²) >= 11 is 11.8. The van der Waals surface area contributed by atoms with E-state index in [4.69, 9.17) is 33.7 Å². The van der Waals surface area contributed by atoms with Gasteiger partial charge in [0.25, 0.3) is 5.91 Å². The van der Waals surface area contributed by atoms with Crippen molar-refractivity contribution >= 4 is 29.1 Å². The first-order valence-electron chi connectivity index (χ1n) is 7.06. The number of piperidine rings is 1. The number of ether oxygens (including phenoxy) is 1. The van der Waals surface area contributed by atoms with Gasteiger partial charge in [-0.25, -0.2) is 0 Å². The highest BCUT2D eigenvalue weighted by Gasteiger charge is 2.30. The highest BCUT2D eigenvalue weighted by atomic mass is 35.5. The van der Waals surface area contributed by atoms with E-state index in [1.165, 1.54) is 0 Å². The third kappa shape index (κ3) is 4.02. The van der Waals surface area contributed by atoms with Crippen LogP contribution in [0.15, 0.2) is 18.2 Å². The van der Waals surface area contributed by atoms with Gasteiger partial charge in [0.05, 0.1) is 10.0 Å². The molecule has 1 amide bonds. The molecule has 0 bridgehead atoms. The predicted octanol–water partition coefficient (Wildman–Crippen LogP) is 3.10. The number of amides is 1. The highest BCUT2D eigenvalue weighted by molar-refractivity contribution is 6.42. The average Bonchev–Trinajstić information content (AvgIpc) is 2.42. The molecule has 0 aliphatic carbocycles. The van der Waals surface area contributed by atoms with Gasteiger partial charge in [-0.3, -0.25) is 4.79 Å². The third-order valence-electron chi connectivity index (χ3n) is 3.75. The maximum absolute atomic E-state index is 12.5. The summed E-state index contributed by atoms with van der Waals surface area (Å²) in [6, 6.07) is 5.28. The van der Waals surface area contributed by atoms with Crippen LogP contribution in [0.25, 0.3) is 0 Å².